The second-order valence-electron chi connectivity index (χ2n) is 9.15. The van der Waals surface area contributed by atoms with Gasteiger partial charge in [-0.15, -0.1) is 0 Å². The fourth-order valence-corrected chi connectivity index (χ4v) is 5.14. The molecule has 1 aliphatic heterocycles. The van der Waals surface area contributed by atoms with Crippen LogP contribution in [0.2, 0.25) is 0 Å². The van der Waals surface area contributed by atoms with Crippen molar-refractivity contribution in [3.8, 4) is 11.5 Å². The van der Waals surface area contributed by atoms with Crippen molar-refractivity contribution in [2.24, 2.45) is 0 Å². The summed E-state index contributed by atoms with van der Waals surface area (Å²) in [5.74, 6) is 2.20. The van der Waals surface area contributed by atoms with Crippen LogP contribution >= 0.6 is 0 Å². The molecule has 1 aliphatic rings. The molecule has 3 nitrogen and oxygen atoms in total. The Bertz CT molecular complexity index is 1260. The second-order valence-corrected chi connectivity index (χ2v) is 9.15. The highest BCUT2D eigenvalue weighted by Gasteiger charge is 2.31. The van der Waals surface area contributed by atoms with Crippen molar-refractivity contribution in [2.45, 2.75) is 31.9 Å². The van der Waals surface area contributed by atoms with E-state index in [0.717, 1.165) is 31.0 Å². The summed E-state index contributed by atoms with van der Waals surface area (Å²) in [4.78, 5) is 2.38. The van der Waals surface area contributed by atoms with Gasteiger partial charge in [-0.05, 0) is 54.4 Å². The third-order valence-electron chi connectivity index (χ3n) is 6.69. The molecule has 0 N–H and O–H groups in total. The topological polar surface area (TPSA) is 21.7 Å². The van der Waals surface area contributed by atoms with Crippen molar-refractivity contribution in [1.82, 2.24) is 4.90 Å². The Kier molecular flexibility index (Phi) is 6.06. The molecule has 0 aliphatic carbocycles. The van der Waals surface area contributed by atoms with Gasteiger partial charge in [0.25, 0.3) is 0 Å². The van der Waals surface area contributed by atoms with Crippen LogP contribution in [0.1, 0.15) is 34.6 Å². The van der Waals surface area contributed by atoms with Crippen LogP contribution in [0.3, 0.4) is 0 Å². The fraction of sp³-hybridized carbons (Fsp3) is 0.267. The molecule has 4 aromatic carbocycles. The SMILES string of the molecule is COc1cc(C)ccc1C1CC(CN(C)Cc2cccc3ccccc23)Oc2ccccc21. The number of para-hydroxylation sites is 1. The maximum atomic E-state index is 6.49. The Balaban J connectivity index is 1.39. The largest absolute Gasteiger partial charge is 0.496 e. The molecule has 2 unspecified atom stereocenters. The quantitative estimate of drug-likeness (QED) is 0.340. The number of hydrogen-bond donors (Lipinski definition) is 0. The van der Waals surface area contributed by atoms with E-state index in [9.17, 15) is 0 Å². The van der Waals surface area contributed by atoms with Crippen LogP contribution in [0.15, 0.2) is 84.9 Å². The van der Waals surface area contributed by atoms with Crippen molar-refractivity contribution >= 4 is 10.8 Å². The summed E-state index contributed by atoms with van der Waals surface area (Å²) in [6.07, 6.45) is 1.03. The maximum Gasteiger partial charge on any atom is 0.123 e. The van der Waals surface area contributed by atoms with E-state index in [1.807, 2.05) is 0 Å². The molecule has 3 heteroatoms. The minimum absolute atomic E-state index is 0.107. The van der Waals surface area contributed by atoms with Crippen molar-refractivity contribution in [3.63, 3.8) is 0 Å². The zero-order chi connectivity index (χ0) is 22.8. The summed E-state index contributed by atoms with van der Waals surface area (Å²) in [6, 6.07) is 30.2. The van der Waals surface area contributed by atoms with Crippen molar-refractivity contribution in [2.75, 3.05) is 20.7 Å². The van der Waals surface area contributed by atoms with E-state index in [1.54, 1.807) is 7.11 Å². The predicted molar refractivity (Wildman–Crippen MR) is 135 cm³/mol. The van der Waals surface area contributed by atoms with Crippen molar-refractivity contribution in [1.29, 1.82) is 0 Å². The summed E-state index contributed by atoms with van der Waals surface area (Å²) in [7, 11) is 3.95. The normalized spacial score (nSPS) is 17.6. The zero-order valence-electron chi connectivity index (χ0n) is 19.6. The molecule has 0 bridgehead atoms. The molecule has 0 amide bonds. The number of nitrogens with zero attached hydrogens (tertiary/aromatic N) is 1. The molecule has 1 heterocycles. The summed E-state index contributed by atoms with van der Waals surface area (Å²) in [5, 5.41) is 2.61. The van der Waals surface area contributed by atoms with Gasteiger partial charge in [-0.2, -0.15) is 0 Å². The first-order chi connectivity index (χ1) is 16.1. The molecule has 0 saturated heterocycles. The lowest BCUT2D eigenvalue weighted by atomic mass is 9.83. The van der Waals surface area contributed by atoms with Gasteiger partial charge in [-0.3, -0.25) is 4.90 Å². The molecule has 2 atom stereocenters. The molecular formula is C30H31NO2. The van der Waals surface area contributed by atoms with E-state index in [2.05, 4.69) is 104 Å². The van der Waals surface area contributed by atoms with Crippen LogP contribution in [-0.4, -0.2) is 31.7 Å². The van der Waals surface area contributed by atoms with E-state index in [1.165, 1.54) is 33.0 Å². The Hall–Kier alpha value is -3.30. The lowest BCUT2D eigenvalue weighted by Crippen LogP contribution is -2.36. The fourth-order valence-electron chi connectivity index (χ4n) is 5.14. The summed E-state index contributed by atoms with van der Waals surface area (Å²) in [6.45, 7) is 3.86. The van der Waals surface area contributed by atoms with Gasteiger partial charge in [0.05, 0.1) is 7.11 Å². The third kappa shape index (κ3) is 4.46. The predicted octanol–water partition coefficient (Wildman–Crippen LogP) is 6.57. The zero-order valence-corrected chi connectivity index (χ0v) is 19.6. The molecule has 4 aromatic rings. The first-order valence-electron chi connectivity index (χ1n) is 11.7. The van der Waals surface area contributed by atoms with Crippen LogP contribution in [0.5, 0.6) is 11.5 Å². The van der Waals surface area contributed by atoms with Crippen LogP contribution in [0, 0.1) is 6.92 Å². The van der Waals surface area contributed by atoms with E-state index >= 15 is 0 Å². The van der Waals surface area contributed by atoms with Gasteiger partial charge >= 0.3 is 0 Å². The average molecular weight is 438 g/mol. The smallest absolute Gasteiger partial charge is 0.123 e. The number of rotatable bonds is 6. The average Bonchev–Trinajstić information content (AvgIpc) is 2.83. The number of aryl methyl sites for hydroxylation is 1. The van der Waals surface area contributed by atoms with Gasteiger partial charge in [-0.1, -0.05) is 72.8 Å². The molecule has 0 fully saturated rings. The number of fused-ring (bicyclic) bond motifs is 2. The highest BCUT2D eigenvalue weighted by molar-refractivity contribution is 5.85. The highest BCUT2D eigenvalue weighted by Crippen LogP contribution is 2.43. The van der Waals surface area contributed by atoms with Gasteiger partial charge in [0.15, 0.2) is 0 Å². The van der Waals surface area contributed by atoms with Crippen molar-refractivity contribution < 1.29 is 9.47 Å². The Labute approximate surface area is 196 Å². The lowest BCUT2D eigenvalue weighted by Gasteiger charge is -2.35. The monoisotopic (exact) mass is 437 g/mol. The Morgan fingerprint density at radius 3 is 2.58 bits per heavy atom. The Morgan fingerprint density at radius 2 is 1.70 bits per heavy atom. The van der Waals surface area contributed by atoms with Crippen LogP contribution in [-0.2, 0) is 6.54 Å². The third-order valence-corrected chi connectivity index (χ3v) is 6.69. The molecule has 33 heavy (non-hydrogen) atoms. The highest BCUT2D eigenvalue weighted by atomic mass is 16.5. The van der Waals surface area contributed by atoms with Crippen LogP contribution in [0.25, 0.3) is 10.8 Å². The lowest BCUT2D eigenvalue weighted by molar-refractivity contribution is 0.118. The Morgan fingerprint density at radius 1 is 0.909 bits per heavy atom. The van der Waals surface area contributed by atoms with E-state index in [4.69, 9.17) is 9.47 Å². The second kappa shape index (κ2) is 9.29. The molecule has 0 spiro atoms. The summed E-state index contributed by atoms with van der Waals surface area (Å²) in [5.41, 5.74) is 5.04. The van der Waals surface area contributed by atoms with Gasteiger partial charge in [0, 0.05) is 30.1 Å². The first kappa shape index (κ1) is 21.5. The van der Waals surface area contributed by atoms with Gasteiger partial charge in [0.1, 0.15) is 17.6 Å². The number of methoxy groups -OCH3 is 1. The van der Waals surface area contributed by atoms with Crippen molar-refractivity contribution in [3.05, 3.63) is 107 Å². The molecule has 0 radical (unpaired) electrons. The van der Waals surface area contributed by atoms with Gasteiger partial charge < -0.3 is 9.47 Å². The minimum atomic E-state index is 0.107. The van der Waals surface area contributed by atoms with Crippen LogP contribution < -0.4 is 9.47 Å². The first-order valence-corrected chi connectivity index (χ1v) is 11.7. The number of benzene rings is 4. The molecule has 0 aromatic heterocycles. The number of hydrogen-bond acceptors (Lipinski definition) is 3. The van der Waals surface area contributed by atoms with E-state index in [0.29, 0.717) is 0 Å². The summed E-state index contributed by atoms with van der Waals surface area (Å²) < 4.78 is 12.3. The number of likely N-dealkylation sites (N-methyl/N-ethyl adjacent to an activating group) is 1. The number of ether oxygens (including phenoxy) is 2. The minimum Gasteiger partial charge on any atom is -0.496 e. The van der Waals surface area contributed by atoms with Crippen LogP contribution in [0.4, 0.5) is 0 Å². The van der Waals surface area contributed by atoms with Gasteiger partial charge in [-0.25, -0.2) is 0 Å². The van der Waals surface area contributed by atoms with E-state index in [-0.39, 0.29) is 12.0 Å². The molecule has 168 valence electrons. The van der Waals surface area contributed by atoms with Gasteiger partial charge in [0.2, 0.25) is 0 Å². The molecular weight excluding hydrogens is 406 g/mol. The maximum absolute atomic E-state index is 6.49. The molecule has 5 rings (SSSR count). The summed E-state index contributed by atoms with van der Waals surface area (Å²) >= 11 is 0. The standard InChI is InChI=1S/C30H31NO2/c1-21-15-16-27(30(17-21)32-3)28-18-24(33-29-14-7-6-13-26(28)29)20-31(2)19-23-11-8-10-22-9-4-5-12-25(22)23/h4-17,24,28H,18-20H2,1-3H3. The molecule has 0 saturated carbocycles. The van der Waals surface area contributed by atoms with E-state index < -0.39 is 0 Å².